The van der Waals surface area contributed by atoms with Gasteiger partial charge < -0.3 is 20.5 Å². The molecule has 0 spiro atoms. The van der Waals surface area contributed by atoms with Gasteiger partial charge in [-0.3, -0.25) is 0 Å². The molecule has 0 aliphatic carbocycles. The van der Waals surface area contributed by atoms with Crippen molar-refractivity contribution in [2.24, 2.45) is 5.73 Å². The van der Waals surface area contributed by atoms with E-state index in [1.54, 1.807) is 32.9 Å². The number of methoxy groups -OCH3 is 1. The molecule has 1 unspecified atom stereocenters. The molecular weight excluding hydrogens is 306 g/mol. The predicted octanol–water partition coefficient (Wildman–Crippen LogP) is 2.48. The Balaban J connectivity index is 2.91. The van der Waals surface area contributed by atoms with Crippen molar-refractivity contribution in [3.8, 4) is 5.88 Å². The van der Waals surface area contributed by atoms with Crippen LogP contribution in [0.25, 0.3) is 0 Å². The Labute approximate surface area is 136 Å². The minimum atomic E-state index is -0.556. The average molecular weight is 330 g/mol. The largest absolute Gasteiger partial charge is 0.481 e. The van der Waals surface area contributed by atoms with E-state index in [1.807, 2.05) is 6.92 Å². The highest BCUT2D eigenvalue weighted by atomic mass is 35.5. The summed E-state index contributed by atoms with van der Waals surface area (Å²) in [6.45, 7) is 7.92. The summed E-state index contributed by atoms with van der Waals surface area (Å²) in [7, 11) is 1.51. The summed E-state index contributed by atoms with van der Waals surface area (Å²) in [5, 5.41) is 3.07. The van der Waals surface area contributed by atoms with Crippen LogP contribution in [0.3, 0.4) is 0 Å². The fourth-order valence-corrected chi connectivity index (χ4v) is 2.03. The van der Waals surface area contributed by atoms with Crippen LogP contribution in [-0.4, -0.2) is 36.9 Å². The van der Waals surface area contributed by atoms with E-state index in [0.29, 0.717) is 17.6 Å². The number of nitrogens with two attached hydrogens (primary N) is 1. The molecule has 1 atom stereocenters. The third kappa shape index (κ3) is 5.03. The maximum absolute atomic E-state index is 11.8. The minimum Gasteiger partial charge on any atom is -0.481 e. The van der Waals surface area contributed by atoms with Crippen molar-refractivity contribution in [1.82, 2.24) is 10.3 Å². The number of carbonyl (C=O) groups excluding carboxylic acids is 1. The Morgan fingerprint density at radius 3 is 2.50 bits per heavy atom. The third-order valence-corrected chi connectivity index (χ3v) is 3.35. The Bertz CT molecular complexity index is 531. The summed E-state index contributed by atoms with van der Waals surface area (Å²) >= 11 is 5.88. The minimum absolute atomic E-state index is 0.290. The summed E-state index contributed by atoms with van der Waals surface area (Å²) in [4.78, 5) is 16.0. The molecule has 7 heteroatoms. The van der Waals surface area contributed by atoms with Crippen LogP contribution in [0.2, 0.25) is 5.15 Å². The highest BCUT2D eigenvalue weighted by Crippen LogP contribution is 2.30. The summed E-state index contributed by atoms with van der Waals surface area (Å²) in [5.41, 5.74) is 5.57. The van der Waals surface area contributed by atoms with Crippen molar-refractivity contribution in [1.29, 1.82) is 0 Å². The van der Waals surface area contributed by atoms with Gasteiger partial charge in [0.25, 0.3) is 0 Å². The molecule has 0 saturated carbocycles. The molecule has 0 radical (unpaired) electrons. The number of halogens is 1. The van der Waals surface area contributed by atoms with Crippen molar-refractivity contribution in [3.63, 3.8) is 0 Å². The number of hydrogen-bond acceptors (Lipinski definition) is 5. The lowest BCUT2D eigenvalue weighted by atomic mass is 9.83. The molecule has 124 valence electrons. The highest BCUT2D eigenvalue weighted by Gasteiger charge is 2.30. The van der Waals surface area contributed by atoms with Crippen molar-refractivity contribution < 1.29 is 14.3 Å². The average Bonchev–Trinajstić information content (AvgIpc) is 2.42. The fraction of sp³-hybridized carbons (Fsp3) is 0.600. The Kier molecular flexibility index (Phi) is 6.02. The third-order valence-electron chi connectivity index (χ3n) is 3.14. The van der Waals surface area contributed by atoms with Gasteiger partial charge in [-0.15, -0.1) is 0 Å². The molecule has 1 heterocycles. The van der Waals surface area contributed by atoms with Gasteiger partial charge in [-0.05, 0) is 32.9 Å². The van der Waals surface area contributed by atoms with Crippen LogP contribution in [0.1, 0.15) is 33.3 Å². The smallest absolute Gasteiger partial charge is 0.407 e. The molecule has 1 rings (SSSR count). The number of nitrogens with one attached hydrogen (secondary N) is 1. The number of carbonyl (C=O) groups is 1. The number of nitrogens with zero attached hydrogens (tertiary/aromatic N) is 1. The quantitative estimate of drug-likeness (QED) is 0.810. The van der Waals surface area contributed by atoms with E-state index in [9.17, 15) is 4.79 Å². The molecule has 0 fully saturated rings. The first-order valence-corrected chi connectivity index (χ1v) is 7.37. The van der Waals surface area contributed by atoms with E-state index in [0.717, 1.165) is 5.56 Å². The van der Waals surface area contributed by atoms with Crippen molar-refractivity contribution in [2.75, 3.05) is 20.2 Å². The van der Waals surface area contributed by atoms with Gasteiger partial charge in [0.2, 0.25) is 5.88 Å². The van der Waals surface area contributed by atoms with Gasteiger partial charge in [0.1, 0.15) is 10.8 Å². The fourth-order valence-electron chi connectivity index (χ4n) is 1.89. The Morgan fingerprint density at radius 1 is 1.36 bits per heavy atom. The van der Waals surface area contributed by atoms with E-state index in [4.69, 9.17) is 26.8 Å². The number of alkyl carbamates (subject to hydrolysis) is 1. The van der Waals surface area contributed by atoms with Gasteiger partial charge in [0.05, 0.1) is 7.11 Å². The molecule has 0 saturated heterocycles. The van der Waals surface area contributed by atoms with Gasteiger partial charge in [-0.2, -0.15) is 0 Å². The van der Waals surface area contributed by atoms with E-state index in [1.165, 1.54) is 7.11 Å². The Hall–Kier alpha value is -1.53. The molecule has 0 bridgehead atoms. The van der Waals surface area contributed by atoms with Gasteiger partial charge in [-0.25, -0.2) is 9.78 Å². The summed E-state index contributed by atoms with van der Waals surface area (Å²) < 4.78 is 10.5. The zero-order valence-corrected chi connectivity index (χ0v) is 14.5. The predicted molar refractivity (Wildman–Crippen MR) is 86.4 cm³/mol. The van der Waals surface area contributed by atoms with E-state index >= 15 is 0 Å². The zero-order chi connectivity index (χ0) is 17.0. The lowest BCUT2D eigenvalue weighted by Gasteiger charge is -2.30. The molecule has 3 N–H and O–H groups in total. The molecule has 0 aromatic carbocycles. The van der Waals surface area contributed by atoms with Gasteiger partial charge >= 0.3 is 6.09 Å². The van der Waals surface area contributed by atoms with E-state index in [2.05, 4.69) is 10.3 Å². The van der Waals surface area contributed by atoms with Crippen LogP contribution in [0, 0.1) is 0 Å². The second-order valence-electron chi connectivity index (χ2n) is 6.31. The number of hydrogen-bond donors (Lipinski definition) is 2. The van der Waals surface area contributed by atoms with Crippen LogP contribution in [0.15, 0.2) is 12.1 Å². The molecule has 22 heavy (non-hydrogen) atoms. The summed E-state index contributed by atoms with van der Waals surface area (Å²) in [6, 6.07) is 3.47. The Morgan fingerprint density at radius 2 is 2.00 bits per heavy atom. The van der Waals surface area contributed by atoms with Crippen molar-refractivity contribution in [3.05, 3.63) is 22.8 Å². The zero-order valence-electron chi connectivity index (χ0n) is 13.7. The molecular formula is C15H24ClN3O3. The topological polar surface area (TPSA) is 86.5 Å². The standard InChI is InChI=1S/C15H24ClN3O3/c1-14(2,3)22-13(20)18-9-15(4,8-17)10-6-7-11(16)19-12(10)21-5/h6-7H,8-9,17H2,1-5H3,(H,18,20). The number of ether oxygens (including phenoxy) is 2. The number of rotatable bonds is 5. The molecule has 0 aliphatic rings. The summed E-state index contributed by atoms with van der Waals surface area (Å²) in [5.74, 6) is 0.395. The number of pyridine rings is 1. The van der Waals surface area contributed by atoms with Gasteiger partial charge in [-0.1, -0.05) is 18.5 Å². The second kappa shape index (κ2) is 7.15. The second-order valence-corrected chi connectivity index (χ2v) is 6.70. The van der Waals surface area contributed by atoms with Crippen LogP contribution >= 0.6 is 11.6 Å². The van der Waals surface area contributed by atoms with Crippen LogP contribution < -0.4 is 15.8 Å². The lowest BCUT2D eigenvalue weighted by Crippen LogP contribution is -2.45. The first-order chi connectivity index (χ1) is 10.1. The summed E-state index contributed by atoms with van der Waals surface area (Å²) in [6.07, 6.45) is -0.493. The SMILES string of the molecule is COc1nc(Cl)ccc1C(C)(CN)CNC(=O)OC(C)(C)C. The van der Waals surface area contributed by atoms with Crippen LogP contribution in [-0.2, 0) is 10.2 Å². The monoisotopic (exact) mass is 329 g/mol. The lowest BCUT2D eigenvalue weighted by molar-refractivity contribution is 0.0516. The van der Waals surface area contributed by atoms with Crippen LogP contribution in [0.5, 0.6) is 5.88 Å². The van der Waals surface area contributed by atoms with E-state index < -0.39 is 17.1 Å². The normalized spacial score (nSPS) is 14.1. The van der Waals surface area contributed by atoms with Gasteiger partial charge in [0.15, 0.2) is 0 Å². The first-order valence-electron chi connectivity index (χ1n) is 6.99. The number of aromatic nitrogens is 1. The highest BCUT2D eigenvalue weighted by molar-refractivity contribution is 6.29. The maximum atomic E-state index is 11.8. The first kappa shape index (κ1) is 18.5. The van der Waals surface area contributed by atoms with Crippen molar-refractivity contribution in [2.45, 2.75) is 38.7 Å². The van der Waals surface area contributed by atoms with Gasteiger partial charge in [0, 0.05) is 24.1 Å². The molecule has 1 amide bonds. The molecule has 1 aromatic heterocycles. The number of amides is 1. The molecule has 1 aromatic rings. The molecule has 6 nitrogen and oxygen atoms in total. The maximum Gasteiger partial charge on any atom is 0.407 e. The van der Waals surface area contributed by atoms with Crippen LogP contribution in [0.4, 0.5) is 4.79 Å². The van der Waals surface area contributed by atoms with E-state index in [-0.39, 0.29) is 6.54 Å². The molecule has 0 aliphatic heterocycles. The van der Waals surface area contributed by atoms with Crippen molar-refractivity contribution >= 4 is 17.7 Å².